The van der Waals surface area contributed by atoms with E-state index in [2.05, 4.69) is 10.4 Å². The van der Waals surface area contributed by atoms with Crippen molar-refractivity contribution in [2.75, 3.05) is 0 Å². The maximum Gasteiger partial charge on any atom is 0.322 e. The molecule has 1 N–H and O–H groups in total. The van der Waals surface area contributed by atoms with Gasteiger partial charge in [0.25, 0.3) is 5.91 Å². The summed E-state index contributed by atoms with van der Waals surface area (Å²) in [4.78, 5) is 23.5. The summed E-state index contributed by atoms with van der Waals surface area (Å²) in [6, 6.07) is 19.3. The number of para-hydroxylation sites is 1. The van der Waals surface area contributed by atoms with Gasteiger partial charge in [-0.25, -0.2) is 4.68 Å². The predicted molar refractivity (Wildman–Crippen MR) is 115 cm³/mol. The van der Waals surface area contributed by atoms with Crippen LogP contribution in [0.2, 0.25) is 0 Å². The Morgan fingerprint density at radius 1 is 1.06 bits per heavy atom. The van der Waals surface area contributed by atoms with Crippen molar-refractivity contribution in [3.8, 4) is 16.9 Å². The zero-order valence-corrected chi connectivity index (χ0v) is 17.0. The number of nitrogens with zero attached hydrogens (tertiary/aromatic N) is 5. The fourth-order valence-electron chi connectivity index (χ4n) is 3.32. The topological polar surface area (TPSA) is 108 Å². The van der Waals surface area contributed by atoms with Gasteiger partial charge in [0.15, 0.2) is 0 Å². The van der Waals surface area contributed by atoms with Crippen LogP contribution in [0.3, 0.4) is 0 Å². The Bertz CT molecular complexity index is 1250. The standard InChI is InChI=1S/C22H20N6O3/c1-15-21(28(30)31)20(24-26(15)2)22(29)23-13-17-14-27(18-11-7-4-8-12-18)25-19(17)16-9-5-3-6-10-16/h3-12,14H,13H2,1-2H3,(H,23,29). The minimum atomic E-state index is -0.609. The molecule has 0 aliphatic rings. The predicted octanol–water partition coefficient (Wildman–Crippen LogP) is 3.42. The molecule has 0 fully saturated rings. The minimum Gasteiger partial charge on any atom is -0.346 e. The van der Waals surface area contributed by atoms with Crippen LogP contribution in [0.5, 0.6) is 0 Å². The summed E-state index contributed by atoms with van der Waals surface area (Å²) in [7, 11) is 1.57. The van der Waals surface area contributed by atoms with E-state index in [1.165, 1.54) is 4.68 Å². The number of carbonyl (C=O) groups is 1. The van der Waals surface area contributed by atoms with Gasteiger partial charge in [-0.2, -0.15) is 10.2 Å². The summed E-state index contributed by atoms with van der Waals surface area (Å²) in [5.41, 5.74) is 3.10. The monoisotopic (exact) mass is 416 g/mol. The normalized spacial score (nSPS) is 10.8. The zero-order valence-electron chi connectivity index (χ0n) is 17.0. The lowest BCUT2D eigenvalue weighted by molar-refractivity contribution is -0.385. The highest BCUT2D eigenvalue weighted by molar-refractivity contribution is 5.96. The van der Waals surface area contributed by atoms with Crippen molar-refractivity contribution in [2.24, 2.45) is 7.05 Å². The van der Waals surface area contributed by atoms with E-state index in [4.69, 9.17) is 5.10 Å². The Labute approximate surface area is 178 Å². The third-order valence-corrected chi connectivity index (χ3v) is 5.00. The summed E-state index contributed by atoms with van der Waals surface area (Å²) in [6.45, 7) is 1.70. The first-order valence-corrected chi connectivity index (χ1v) is 9.61. The van der Waals surface area contributed by atoms with Crippen LogP contribution in [-0.4, -0.2) is 30.4 Å². The van der Waals surface area contributed by atoms with Crippen LogP contribution in [0.15, 0.2) is 66.9 Å². The van der Waals surface area contributed by atoms with Crippen molar-refractivity contribution >= 4 is 11.6 Å². The van der Waals surface area contributed by atoms with Gasteiger partial charge in [-0.3, -0.25) is 19.6 Å². The number of rotatable bonds is 6. The molecule has 2 heterocycles. The van der Waals surface area contributed by atoms with E-state index in [-0.39, 0.29) is 17.9 Å². The van der Waals surface area contributed by atoms with Crippen molar-refractivity contribution in [1.82, 2.24) is 24.9 Å². The molecule has 9 nitrogen and oxygen atoms in total. The van der Waals surface area contributed by atoms with Gasteiger partial charge < -0.3 is 5.32 Å². The highest BCUT2D eigenvalue weighted by Gasteiger charge is 2.29. The quantitative estimate of drug-likeness (QED) is 0.383. The molecule has 0 atom stereocenters. The smallest absolute Gasteiger partial charge is 0.322 e. The molecule has 31 heavy (non-hydrogen) atoms. The molecule has 9 heteroatoms. The number of carbonyl (C=O) groups excluding carboxylic acids is 1. The molecule has 0 aliphatic carbocycles. The lowest BCUT2D eigenvalue weighted by Gasteiger charge is -2.04. The highest BCUT2D eigenvalue weighted by atomic mass is 16.6. The third-order valence-electron chi connectivity index (χ3n) is 5.00. The molecule has 2 aromatic heterocycles. The molecule has 0 unspecified atom stereocenters. The van der Waals surface area contributed by atoms with E-state index in [0.29, 0.717) is 5.69 Å². The number of amides is 1. The minimum absolute atomic E-state index is 0.142. The lowest BCUT2D eigenvalue weighted by Crippen LogP contribution is -2.24. The van der Waals surface area contributed by atoms with Gasteiger partial charge in [-0.15, -0.1) is 0 Å². The largest absolute Gasteiger partial charge is 0.346 e. The Kier molecular flexibility index (Phi) is 5.31. The number of hydrogen-bond acceptors (Lipinski definition) is 5. The number of aromatic nitrogens is 4. The van der Waals surface area contributed by atoms with Crippen molar-refractivity contribution < 1.29 is 9.72 Å². The molecule has 0 radical (unpaired) electrons. The van der Waals surface area contributed by atoms with Crippen molar-refractivity contribution in [3.05, 3.63) is 93.9 Å². The van der Waals surface area contributed by atoms with Crippen LogP contribution in [0.4, 0.5) is 5.69 Å². The van der Waals surface area contributed by atoms with E-state index in [0.717, 1.165) is 22.5 Å². The molecule has 0 bridgehead atoms. The maximum atomic E-state index is 12.7. The van der Waals surface area contributed by atoms with E-state index in [1.807, 2.05) is 66.9 Å². The lowest BCUT2D eigenvalue weighted by atomic mass is 10.1. The van der Waals surface area contributed by atoms with Crippen LogP contribution in [-0.2, 0) is 13.6 Å². The van der Waals surface area contributed by atoms with Crippen LogP contribution in [0.25, 0.3) is 16.9 Å². The fourth-order valence-corrected chi connectivity index (χ4v) is 3.32. The molecule has 0 aliphatic heterocycles. The molecular formula is C22H20N6O3. The van der Waals surface area contributed by atoms with E-state index < -0.39 is 10.8 Å². The summed E-state index contributed by atoms with van der Waals surface area (Å²) in [6.07, 6.45) is 1.84. The maximum absolute atomic E-state index is 12.7. The van der Waals surface area contributed by atoms with E-state index in [1.54, 1.807) is 18.7 Å². The Morgan fingerprint density at radius 3 is 2.35 bits per heavy atom. The van der Waals surface area contributed by atoms with Crippen molar-refractivity contribution in [3.63, 3.8) is 0 Å². The number of hydrogen-bond donors (Lipinski definition) is 1. The van der Waals surface area contributed by atoms with Gasteiger partial charge in [0.05, 0.1) is 16.3 Å². The van der Waals surface area contributed by atoms with Gasteiger partial charge in [0.2, 0.25) is 5.69 Å². The second-order valence-corrected chi connectivity index (χ2v) is 7.00. The molecule has 1 amide bonds. The zero-order chi connectivity index (χ0) is 22.0. The average molecular weight is 416 g/mol. The van der Waals surface area contributed by atoms with Gasteiger partial charge in [-0.1, -0.05) is 48.5 Å². The number of benzene rings is 2. The van der Waals surface area contributed by atoms with Crippen molar-refractivity contribution in [1.29, 1.82) is 0 Å². The first-order valence-electron chi connectivity index (χ1n) is 9.61. The molecule has 2 aromatic carbocycles. The van der Waals surface area contributed by atoms with E-state index >= 15 is 0 Å². The highest BCUT2D eigenvalue weighted by Crippen LogP contribution is 2.25. The second kappa shape index (κ2) is 8.23. The number of nitrogens with one attached hydrogen (secondary N) is 1. The summed E-state index contributed by atoms with van der Waals surface area (Å²) >= 11 is 0. The second-order valence-electron chi connectivity index (χ2n) is 7.00. The molecule has 4 rings (SSSR count). The first kappa shape index (κ1) is 20.0. The van der Waals surface area contributed by atoms with Crippen LogP contribution >= 0.6 is 0 Å². The van der Waals surface area contributed by atoms with Crippen LogP contribution < -0.4 is 5.32 Å². The van der Waals surface area contributed by atoms with Gasteiger partial charge in [0.1, 0.15) is 5.69 Å². The fraction of sp³-hybridized carbons (Fsp3) is 0.136. The molecule has 0 saturated carbocycles. The number of aryl methyl sites for hydroxylation is 1. The Hall–Kier alpha value is -4.27. The molecular weight excluding hydrogens is 396 g/mol. The SMILES string of the molecule is Cc1c([N+](=O)[O-])c(C(=O)NCc2cn(-c3ccccc3)nc2-c2ccccc2)nn1C. The van der Waals surface area contributed by atoms with Crippen molar-refractivity contribution in [2.45, 2.75) is 13.5 Å². The molecule has 4 aromatic rings. The van der Waals surface area contributed by atoms with Gasteiger partial charge in [-0.05, 0) is 19.1 Å². The summed E-state index contributed by atoms with van der Waals surface area (Å²) < 4.78 is 3.08. The summed E-state index contributed by atoms with van der Waals surface area (Å²) in [5, 5.41) is 22.9. The number of nitro groups is 1. The molecule has 156 valence electrons. The third kappa shape index (κ3) is 3.93. The Morgan fingerprint density at radius 2 is 1.71 bits per heavy atom. The average Bonchev–Trinajstić information content (AvgIpc) is 3.34. The van der Waals surface area contributed by atoms with E-state index in [9.17, 15) is 14.9 Å². The molecule has 0 spiro atoms. The molecule has 0 saturated heterocycles. The van der Waals surface area contributed by atoms with Gasteiger partial charge >= 0.3 is 5.69 Å². The van der Waals surface area contributed by atoms with Gasteiger partial charge in [0, 0.05) is 30.9 Å². The Balaban J connectivity index is 1.65. The van der Waals surface area contributed by atoms with Crippen LogP contribution in [0, 0.1) is 17.0 Å². The van der Waals surface area contributed by atoms with Crippen LogP contribution in [0.1, 0.15) is 21.7 Å². The first-order chi connectivity index (χ1) is 15.0. The summed E-state index contributed by atoms with van der Waals surface area (Å²) in [5.74, 6) is -0.609.